The van der Waals surface area contributed by atoms with Crippen molar-refractivity contribution in [3.63, 3.8) is 0 Å². The largest absolute Gasteiger partial charge is 0.380 e. The van der Waals surface area contributed by atoms with Gasteiger partial charge >= 0.3 is 0 Å². The van der Waals surface area contributed by atoms with Crippen molar-refractivity contribution in [3.05, 3.63) is 70.5 Å². The fraction of sp³-hybridized carbons (Fsp3) is 0.350. The van der Waals surface area contributed by atoms with E-state index >= 15 is 0 Å². The lowest BCUT2D eigenvalue weighted by atomic mass is 10.1. The molecule has 2 aromatic carbocycles. The van der Waals surface area contributed by atoms with Crippen LogP contribution in [0.25, 0.3) is 0 Å². The maximum absolute atomic E-state index is 13.4. The lowest BCUT2D eigenvalue weighted by Crippen LogP contribution is -2.36. The van der Waals surface area contributed by atoms with E-state index < -0.39 is 0 Å². The first-order valence-corrected chi connectivity index (χ1v) is 9.83. The Labute approximate surface area is 182 Å². The second kappa shape index (κ2) is 13.0. The van der Waals surface area contributed by atoms with Gasteiger partial charge in [-0.25, -0.2) is 4.39 Å². The zero-order valence-electron chi connectivity index (χ0n) is 15.9. The maximum atomic E-state index is 13.4. The molecule has 0 saturated heterocycles. The summed E-state index contributed by atoms with van der Waals surface area (Å²) in [5, 5.41) is 6.59. The van der Waals surface area contributed by atoms with Crippen molar-refractivity contribution in [2.24, 2.45) is 4.99 Å². The lowest BCUT2D eigenvalue weighted by molar-refractivity contribution is 0.185. The summed E-state index contributed by atoms with van der Waals surface area (Å²) in [4.78, 5) is 4.25. The average Bonchev–Trinajstić information content (AvgIpc) is 2.65. The molecule has 2 rings (SSSR count). The van der Waals surface area contributed by atoms with Crippen molar-refractivity contribution in [1.82, 2.24) is 10.6 Å². The van der Waals surface area contributed by atoms with Crippen molar-refractivity contribution in [2.45, 2.75) is 25.4 Å². The summed E-state index contributed by atoms with van der Waals surface area (Å²) < 4.78 is 18.6. The molecule has 4 nitrogen and oxygen atoms in total. The molecular formula is C20H27FIN3OS. The molecule has 0 radical (unpaired) electrons. The zero-order chi connectivity index (χ0) is 18.8. The van der Waals surface area contributed by atoms with E-state index in [1.54, 1.807) is 32.0 Å². The van der Waals surface area contributed by atoms with Crippen LogP contribution in [0.2, 0.25) is 0 Å². The Morgan fingerprint density at radius 1 is 1.04 bits per heavy atom. The minimum Gasteiger partial charge on any atom is -0.380 e. The molecule has 0 aliphatic heterocycles. The quantitative estimate of drug-likeness (QED) is 0.320. The van der Waals surface area contributed by atoms with Gasteiger partial charge in [-0.05, 0) is 40.6 Å². The lowest BCUT2D eigenvalue weighted by Gasteiger charge is -2.14. The Kier molecular flexibility index (Phi) is 11.4. The molecule has 0 aliphatic carbocycles. The smallest absolute Gasteiger partial charge is 0.191 e. The number of thioether (sulfide) groups is 1. The first kappa shape index (κ1) is 23.7. The Bertz CT molecular complexity index is 726. The first-order valence-electron chi connectivity index (χ1n) is 8.43. The van der Waals surface area contributed by atoms with Gasteiger partial charge in [0.25, 0.3) is 0 Å². The van der Waals surface area contributed by atoms with Crippen LogP contribution in [0.15, 0.2) is 47.5 Å². The molecule has 0 unspecified atom stereocenters. The minimum absolute atomic E-state index is 0. The Hall–Kier alpha value is -1.32. The summed E-state index contributed by atoms with van der Waals surface area (Å²) in [5.41, 5.74) is 4.40. The molecule has 0 spiro atoms. The maximum Gasteiger partial charge on any atom is 0.191 e. The number of guanidine groups is 1. The van der Waals surface area contributed by atoms with E-state index in [1.165, 1.54) is 6.07 Å². The van der Waals surface area contributed by atoms with Crippen molar-refractivity contribution in [3.8, 4) is 0 Å². The molecule has 0 aromatic heterocycles. The van der Waals surface area contributed by atoms with Gasteiger partial charge in [0, 0.05) is 33.0 Å². The highest BCUT2D eigenvalue weighted by molar-refractivity contribution is 14.0. The summed E-state index contributed by atoms with van der Waals surface area (Å²) in [6, 6.07) is 13.2. The first-order chi connectivity index (χ1) is 12.7. The zero-order valence-corrected chi connectivity index (χ0v) is 19.1. The molecule has 0 atom stereocenters. The highest BCUT2D eigenvalue weighted by Crippen LogP contribution is 2.16. The van der Waals surface area contributed by atoms with Gasteiger partial charge in [0.15, 0.2) is 5.96 Å². The van der Waals surface area contributed by atoms with E-state index in [0.717, 1.165) is 28.0 Å². The van der Waals surface area contributed by atoms with E-state index in [9.17, 15) is 4.39 Å². The molecule has 0 amide bonds. The van der Waals surface area contributed by atoms with Crippen molar-refractivity contribution in [1.29, 1.82) is 0 Å². The van der Waals surface area contributed by atoms with Crippen LogP contribution in [0.1, 0.15) is 22.3 Å². The summed E-state index contributed by atoms with van der Waals surface area (Å²) in [6.45, 7) is 1.89. The molecule has 0 aliphatic rings. The Morgan fingerprint density at radius 2 is 1.70 bits per heavy atom. The van der Waals surface area contributed by atoms with Gasteiger partial charge in [0.1, 0.15) is 5.82 Å². The third-order valence-electron chi connectivity index (χ3n) is 3.93. The third kappa shape index (κ3) is 8.06. The number of benzene rings is 2. The number of halogens is 2. The second-order valence-corrected chi connectivity index (χ2v) is 6.74. The molecule has 148 valence electrons. The van der Waals surface area contributed by atoms with Crippen LogP contribution in [0.4, 0.5) is 4.39 Å². The van der Waals surface area contributed by atoms with Gasteiger partial charge in [0.05, 0.1) is 6.61 Å². The highest BCUT2D eigenvalue weighted by Gasteiger charge is 2.06. The molecular weight excluding hydrogens is 476 g/mol. The highest BCUT2D eigenvalue weighted by atomic mass is 127. The van der Waals surface area contributed by atoms with Crippen molar-refractivity contribution >= 4 is 41.7 Å². The monoisotopic (exact) mass is 503 g/mol. The molecule has 2 aromatic rings. The number of nitrogens with zero attached hydrogens (tertiary/aromatic N) is 1. The normalized spacial score (nSPS) is 11.0. The Morgan fingerprint density at radius 3 is 2.33 bits per heavy atom. The van der Waals surface area contributed by atoms with E-state index in [-0.39, 0.29) is 29.8 Å². The van der Waals surface area contributed by atoms with Crippen LogP contribution in [-0.2, 0) is 30.2 Å². The Balaban J connectivity index is 0.00000364. The number of hydrogen-bond donors (Lipinski definition) is 2. The van der Waals surface area contributed by atoms with Crippen LogP contribution >= 0.6 is 35.7 Å². The van der Waals surface area contributed by atoms with E-state index in [1.807, 2.05) is 12.3 Å². The van der Waals surface area contributed by atoms with Gasteiger partial charge in [-0.1, -0.05) is 30.3 Å². The number of ether oxygens (including phenoxy) is 1. The fourth-order valence-corrected chi connectivity index (χ4v) is 3.14. The molecule has 0 saturated carbocycles. The van der Waals surface area contributed by atoms with Gasteiger partial charge in [-0.15, -0.1) is 24.0 Å². The van der Waals surface area contributed by atoms with Crippen LogP contribution in [-0.4, -0.2) is 26.4 Å². The van der Waals surface area contributed by atoms with Crippen LogP contribution < -0.4 is 10.6 Å². The van der Waals surface area contributed by atoms with Crippen LogP contribution in [0.5, 0.6) is 0 Å². The van der Waals surface area contributed by atoms with Crippen molar-refractivity contribution in [2.75, 3.05) is 20.4 Å². The molecule has 27 heavy (non-hydrogen) atoms. The molecule has 7 heteroatoms. The predicted molar refractivity (Wildman–Crippen MR) is 123 cm³/mol. The van der Waals surface area contributed by atoms with E-state index in [2.05, 4.69) is 39.9 Å². The minimum atomic E-state index is -0.197. The predicted octanol–water partition coefficient (Wildman–Crippen LogP) is 4.32. The standard InChI is InChI=1S/C20H26FN3OS.HI/c1-22-20(23-11-15-4-6-16(7-5-15)13-25-2)24-12-17-8-9-19(21)10-18(17)14-26-3;/h4-10H,11-14H2,1-3H3,(H2,22,23,24);1H. The number of nitrogens with one attached hydrogen (secondary N) is 2. The van der Waals surface area contributed by atoms with Crippen LogP contribution in [0.3, 0.4) is 0 Å². The van der Waals surface area contributed by atoms with E-state index in [0.29, 0.717) is 25.7 Å². The van der Waals surface area contributed by atoms with E-state index in [4.69, 9.17) is 4.74 Å². The average molecular weight is 503 g/mol. The summed E-state index contributed by atoms with van der Waals surface area (Å²) in [7, 11) is 3.43. The summed E-state index contributed by atoms with van der Waals surface area (Å²) in [5.74, 6) is 1.30. The third-order valence-corrected chi connectivity index (χ3v) is 4.53. The number of aliphatic imine (C=N–C) groups is 1. The van der Waals surface area contributed by atoms with Crippen molar-refractivity contribution < 1.29 is 9.13 Å². The van der Waals surface area contributed by atoms with Gasteiger partial charge < -0.3 is 15.4 Å². The van der Waals surface area contributed by atoms with Gasteiger partial charge in [-0.2, -0.15) is 11.8 Å². The SMILES string of the molecule is CN=C(NCc1ccc(COC)cc1)NCc1ccc(F)cc1CSC.I. The second-order valence-electron chi connectivity index (χ2n) is 5.87. The fourth-order valence-electron chi connectivity index (χ4n) is 2.56. The van der Waals surface area contributed by atoms with Gasteiger partial charge in [0.2, 0.25) is 0 Å². The van der Waals surface area contributed by atoms with Gasteiger partial charge in [-0.3, -0.25) is 4.99 Å². The van der Waals surface area contributed by atoms with Crippen LogP contribution in [0, 0.1) is 5.82 Å². The molecule has 0 fully saturated rings. The summed E-state index contributed by atoms with van der Waals surface area (Å²) >= 11 is 1.68. The number of rotatable bonds is 8. The molecule has 0 bridgehead atoms. The number of hydrogen-bond acceptors (Lipinski definition) is 3. The molecule has 0 heterocycles. The topological polar surface area (TPSA) is 45.7 Å². The summed E-state index contributed by atoms with van der Waals surface area (Å²) in [6.07, 6.45) is 2.01. The molecule has 2 N–H and O–H groups in total. The number of methoxy groups -OCH3 is 1.